The maximum absolute atomic E-state index is 14.0. The molecule has 0 saturated heterocycles. The molecule has 2 aromatic carbocycles. The molecule has 1 atom stereocenters. The van der Waals surface area contributed by atoms with Gasteiger partial charge in [0.25, 0.3) is 5.56 Å². The van der Waals surface area contributed by atoms with Gasteiger partial charge >= 0.3 is 0 Å². The van der Waals surface area contributed by atoms with Crippen LogP contribution < -0.4 is 10.9 Å². The minimum atomic E-state index is -0.930. The Kier molecular flexibility index (Phi) is 6.24. The van der Waals surface area contributed by atoms with E-state index in [9.17, 15) is 18.0 Å². The molecule has 9 heteroatoms. The molecule has 1 heterocycles. The third-order valence-electron chi connectivity index (χ3n) is 4.42. The Labute approximate surface area is 170 Å². The van der Waals surface area contributed by atoms with Gasteiger partial charge in [-0.2, -0.15) is 9.78 Å². The molecular formula is C20H18ClF3N4O. The molecule has 0 fully saturated rings. The molecule has 152 valence electrons. The molecule has 3 aromatic rings. The molecule has 5 nitrogen and oxygen atoms in total. The van der Waals surface area contributed by atoms with Crippen LogP contribution in [0.1, 0.15) is 11.6 Å². The molecule has 0 aliphatic rings. The topological polar surface area (TPSA) is 50.2 Å². The fourth-order valence-electron chi connectivity index (χ4n) is 2.87. The first kappa shape index (κ1) is 20.9. The summed E-state index contributed by atoms with van der Waals surface area (Å²) in [6.07, 6.45) is 1.30. The van der Waals surface area contributed by atoms with E-state index in [0.717, 1.165) is 22.4 Å². The maximum atomic E-state index is 14.0. The minimum absolute atomic E-state index is 0.136. The summed E-state index contributed by atoms with van der Waals surface area (Å²) in [5, 5.41) is 6.81. The molecule has 3 rings (SSSR count). The van der Waals surface area contributed by atoms with Crippen LogP contribution >= 0.6 is 11.6 Å². The molecule has 1 unspecified atom stereocenters. The molecule has 29 heavy (non-hydrogen) atoms. The second kappa shape index (κ2) is 8.67. The summed E-state index contributed by atoms with van der Waals surface area (Å²) in [7, 11) is 3.73. The van der Waals surface area contributed by atoms with Crippen molar-refractivity contribution in [1.82, 2.24) is 14.7 Å². The standard InChI is InChI=1S/C20H18ClF3N4O/c1-27(2)18(12-3-5-13(22)6-4-12)11-25-16-10-26-28(20(29)19(16)21)17-8-7-14(23)9-15(17)24/h3-10,18,25H,11H2,1-2H3. The molecule has 0 aliphatic heterocycles. The zero-order valence-corrected chi connectivity index (χ0v) is 16.4. The number of nitrogens with zero attached hydrogens (tertiary/aromatic N) is 3. The number of benzene rings is 2. The van der Waals surface area contributed by atoms with Crippen molar-refractivity contribution in [1.29, 1.82) is 0 Å². The predicted molar refractivity (Wildman–Crippen MR) is 106 cm³/mol. The van der Waals surface area contributed by atoms with Crippen LogP contribution in [0, 0.1) is 17.5 Å². The Balaban J connectivity index is 1.85. The zero-order chi connectivity index (χ0) is 21.1. The van der Waals surface area contributed by atoms with Crippen LogP contribution in [0.25, 0.3) is 5.69 Å². The fraction of sp³-hybridized carbons (Fsp3) is 0.200. The molecule has 0 amide bonds. The quantitative estimate of drug-likeness (QED) is 0.652. The molecule has 1 N–H and O–H groups in total. The van der Waals surface area contributed by atoms with Crippen molar-refractivity contribution in [2.45, 2.75) is 6.04 Å². The second-order valence-corrected chi connectivity index (χ2v) is 6.97. The monoisotopic (exact) mass is 422 g/mol. The van der Waals surface area contributed by atoms with Gasteiger partial charge in [-0.25, -0.2) is 13.2 Å². The molecule has 1 aromatic heterocycles. The van der Waals surface area contributed by atoms with Crippen molar-refractivity contribution >= 4 is 17.3 Å². The number of aromatic nitrogens is 2. The third kappa shape index (κ3) is 4.60. The van der Waals surface area contributed by atoms with Crippen molar-refractivity contribution in [2.24, 2.45) is 0 Å². The summed E-state index contributed by atoms with van der Waals surface area (Å²) in [5.74, 6) is -2.03. The zero-order valence-electron chi connectivity index (χ0n) is 15.7. The Hall–Kier alpha value is -2.84. The first-order valence-electron chi connectivity index (χ1n) is 8.67. The number of halogens is 4. The lowest BCUT2D eigenvalue weighted by Crippen LogP contribution is -2.28. The SMILES string of the molecule is CN(C)C(CNc1cnn(-c2ccc(F)cc2F)c(=O)c1Cl)c1ccc(F)cc1. The molecule has 0 aliphatic carbocycles. The summed E-state index contributed by atoms with van der Waals surface area (Å²) in [4.78, 5) is 14.5. The Morgan fingerprint density at radius 3 is 2.38 bits per heavy atom. The number of hydrogen-bond donors (Lipinski definition) is 1. The number of rotatable bonds is 6. The number of anilines is 1. The van der Waals surface area contributed by atoms with Gasteiger partial charge in [0, 0.05) is 12.6 Å². The molecular weight excluding hydrogens is 405 g/mol. The predicted octanol–water partition coefficient (Wildman–Crippen LogP) is 4.02. The lowest BCUT2D eigenvalue weighted by Gasteiger charge is -2.25. The van der Waals surface area contributed by atoms with Crippen LogP contribution in [0.3, 0.4) is 0 Å². The van der Waals surface area contributed by atoms with E-state index < -0.39 is 17.2 Å². The maximum Gasteiger partial charge on any atom is 0.292 e. The van der Waals surface area contributed by atoms with E-state index in [1.54, 1.807) is 12.1 Å². The van der Waals surface area contributed by atoms with E-state index in [0.29, 0.717) is 12.6 Å². The van der Waals surface area contributed by atoms with Crippen molar-refractivity contribution in [2.75, 3.05) is 26.0 Å². The van der Waals surface area contributed by atoms with Crippen LogP contribution in [0.4, 0.5) is 18.9 Å². The van der Waals surface area contributed by atoms with Gasteiger partial charge in [-0.15, -0.1) is 0 Å². The normalized spacial score (nSPS) is 12.2. The third-order valence-corrected chi connectivity index (χ3v) is 4.79. The number of nitrogens with one attached hydrogen (secondary N) is 1. The van der Waals surface area contributed by atoms with Crippen LogP contribution in [0.15, 0.2) is 53.5 Å². The summed E-state index contributed by atoms with van der Waals surface area (Å²) in [6, 6.07) is 8.76. The minimum Gasteiger partial charge on any atom is -0.380 e. The van der Waals surface area contributed by atoms with Gasteiger partial charge in [0.2, 0.25) is 0 Å². The van der Waals surface area contributed by atoms with E-state index in [1.807, 2.05) is 19.0 Å². The summed E-state index contributed by atoms with van der Waals surface area (Å²) in [6.45, 7) is 0.356. The highest BCUT2D eigenvalue weighted by Gasteiger charge is 2.17. The van der Waals surface area contributed by atoms with Crippen LogP contribution in [0.5, 0.6) is 0 Å². The van der Waals surface area contributed by atoms with Gasteiger partial charge in [0.05, 0.1) is 17.9 Å². The van der Waals surface area contributed by atoms with E-state index >= 15 is 0 Å². The van der Waals surface area contributed by atoms with E-state index in [1.165, 1.54) is 18.3 Å². The summed E-state index contributed by atoms with van der Waals surface area (Å²) >= 11 is 6.17. The molecule has 0 spiro atoms. The van der Waals surface area contributed by atoms with Gasteiger partial charge in [0.15, 0.2) is 5.82 Å². The highest BCUT2D eigenvalue weighted by Crippen LogP contribution is 2.22. The Morgan fingerprint density at radius 1 is 1.10 bits per heavy atom. The van der Waals surface area contributed by atoms with Crippen molar-refractivity contribution in [3.8, 4) is 5.69 Å². The summed E-state index contributed by atoms with van der Waals surface area (Å²) in [5.41, 5.74) is 0.187. The van der Waals surface area contributed by atoms with E-state index in [2.05, 4.69) is 10.4 Å². The van der Waals surface area contributed by atoms with Gasteiger partial charge < -0.3 is 10.2 Å². The van der Waals surface area contributed by atoms with Crippen LogP contribution in [0.2, 0.25) is 5.02 Å². The average Bonchev–Trinajstić information content (AvgIpc) is 2.67. The van der Waals surface area contributed by atoms with Crippen molar-refractivity contribution in [3.05, 3.63) is 87.1 Å². The van der Waals surface area contributed by atoms with Gasteiger partial charge in [-0.3, -0.25) is 4.79 Å². The Morgan fingerprint density at radius 2 is 1.76 bits per heavy atom. The Bertz CT molecular complexity index is 1070. The van der Waals surface area contributed by atoms with Gasteiger partial charge in [0.1, 0.15) is 22.3 Å². The average molecular weight is 423 g/mol. The van der Waals surface area contributed by atoms with Crippen molar-refractivity contribution in [3.63, 3.8) is 0 Å². The molecule has 0 saturated carbocycles. The molecule has 0 bridgehead atoms. The second-order valence-electron chi connectivity index (χ2n) is 6.60. The van der Waals surface area contributed by atoms with Gasteiger partial charge in [-0.05, 0) is 43.9 Å². The van der Waals surface area contributed by atoms with Crippen molar-refractivity contribution < 1.29 is 13.2 Å². The summed E-state index contributed by atoms with van der Waals surface area (Å²) < 4.78 is 41.0. The highest BCUT2D eigenvalue weighted by molar-refractivity contribution is 6.32. The van der Waals surface area contributed by atoms with Crippen LogP contribution in [-0.2, 0) is 0 Å². The van der Waals surface area contributed by atoms with E-state index in [-0.39, 0.29) is 28.3 Å². The fourth-order valence-corrected chi connectivity index (χ4v) is 3.07. The van der Waals surface area contributed by atoms with Crippen LogP contribution in [-0.4, -0.2) is 35.3 Å². The first-order valence-corrected chi connectivity index (χ1v) is 9.04. The first-order chi connectivity index (χ1) is 13.8. The largest absolute Gasteiger partial charge is 0.380 e. The molecule has 0 radical (unpaired) electrons. The lowest BCUT2D eigenvalue weighted by molar-refractivity contribution is 0.311. The lowest BCUT2D eigenvalue weighted by atomic mass is 10.1. The van der Waals surface area contributed by atoms with Gasteiger partial charge in [-0.1, -0.05) is 23.7 Å². The highest BCUT2D eigenvalue weighted by atomic mass is 35.5. The number of hydrogen-bond acceptors (Lipinski definition) is 4. The van der Waals surface area contributed by atoms with E-state index in [4.69, 9.17) is 11.6 Å². The smallest absolute Gasteiger partial charge is 0.292 e. The number of likely N-dealkylation sites (N-methyl/N-ethyl adjacent to an activating group) is 1.